The van der Waals surface area contributed by atoms with Crippen LogP contribution in [0.4, 0.5) is 0 Å². The first-order valence-corrected chi connectivity index (χ1v) is 9.41. The molecule has 0 N–H and O–H groups in total. The van der Waals surface area contributed by atoms with Gasteiger partial charge in [-0.25, -0.2) is 0 Å². The van der Waals surface area contributed by atoms with Gasteiger partial charge in [-0.3, -0.25) is 9.69 Å². The van der Waals surface area contributed by atoms with Crippen molar-refractivity contribution in [3.8, 4) is 23.0 Å². The van der Waals surface area contributed by atoms with Crippen molar-refractivity contribution in [2.24, 2.45) is 0 Å². The summed E-state index contributed by atoms with van der Waals surface area (Å²) in [4.78, 5) is 16.8. The molecule has 148 valence electrons. The molecule has 0 saturated carbocycles. The second-order valence-electron chi connectivity index (χ2n) is 6.73. The van der Waals surface area contributed by atoms with Gasteiger partial charge in [-0.1, -0.05) is 0 Å². The summed E-state index contributed by atoms with van der Waals surface area (Å²) < 4.78 is 21.6. The van der Waals surface area contributed by atoms with Gasteiger partial charge in [0.2, 0.25) is 6.79 Å². The van der Waals surface area contributed by atoms with Crippen LogP contribution in [0.15, 0.2) is 42.5 Å². The third-order valence-corrected chi connectivity index (χ3v) is 5.02. The van der Waals surface area contributed by atoms with E-state index in [2.05, 4.69) is 4.90 Å². The predicted molar refractivity (Wildman–Crippen MR) is 103 cm³/mol. The zero-order valence-electron chi connectivity index (χ0n) is 15.9. The van der Waals surface area contributed by atoms with Crippen LogP contribution in [0.25, 0.3) is 0 Å². The lowest BCUT2D eigenvalue weighted by Gasteiger charge is -2.34. The van der Waals surface area contributed by atoms with Crippen molar-refractivity contribution in [1.29, 1.82) is 0 Å². The fourth-order valence-electron chi connectivity index (χ4n) is 3.35. The summed E-state index contributed by atoms with van der Waals surface area (Å²) in [6.07, 6.45) is 0. The first kappa shape index (κ1) is 18.4. The fourth-order valence-corrected chi connectivity index (χ4v) is 3.35. The molecule has 2 aliphatic heterocycles. The van der Waals surface area contributed by atoms with Crippen LogP contribution in [-0.2, 0) is 0 Å². The zero-order chi connectivity index (χ0) is 19.3. The van der Waals surface area contributed by atoms with Crippen LogP contribution < -0.4 is 18.9 Å². The van der Waals surface area contributed by atoms with E-state index in [9.17, 15) is 4.79 Å². The molecule has 0 aliphatic carbocycles. The van der Waals surface area contributed by atoms with Gasteiger partial charge >= 0.3 is 0 Å². The van der Waals surface area contributed by atoms with E-state index in [0.29, 0.717) is 12.2 Å². The number of carbonyl (C=O) groups excluding carboxylic acids is 1. The summed E-state index contributed by atoms with van der Waals surface area (Å²) in [6.45, 7) is 4.78. The molecule has 1 saturated heterocycles. The first-order chi connectivity index (χ1) is 13.7. The second-order valence-corrected chi connectivity index (χ2v) is 6.73. The summed E-state index contributed by atoms with van der Waals surface area (Å²) in [6, 6.07) is 12.9. The van der Waals surface area contributed by atoms with E-state index in [1.807, 2.05) is 47.4 Å². The molecule has 0 radical (unpaired) electrons. The summed E-state index contributed by atoms with van der Waals surface area (Å²) >= 11 is 0. The van der Waals surface area contributed by atoms with Crippen LogP contribution in [0.5, 0.6) is 23.0 Å². The lowest BCUT2D eigenvalue weighted by molar-refractivity contribution is 0.0620. The highest BCUT2D eigenvalue weighted by Gasteiger charge is 2.22. The molecule has 1 amide bonds. The number of fused-ring (bicyclic) bond motifs is 1. The van der Waals surface area contributed by atoms with Gasteiger partial charge in [0.25, 0.3) is 5.91 Å². The molecule has 0 aromatic heterocycles. The lowest BCUT2D eigenvalue weighted by atomic mass is 10.1. The van der Waals surface area contributed by atoms with Gasteiger partial charge in [0.1, 0.15) is 18.1 Å². The third-order valence-electron chi connectivity index (χ3n) is 5.02. The molecule has 2 heterocycles. The maximum atomic E-state index is 12.6. The Morgan fingerprint density at radius 2 is 1.68 bits per heavy atom. The lowest BCUT2D eigenvalue weighted by Crippen LogP contribution is -2.49. The van der Waals surface area contributed by atoms with E-state index in [4.69, 9.17) is 18.9 Å². The highest BCUT2D eigenvalue weighted by atomic mass is 16.7. The minimum Gasteiger partial charge on any atom is -0.497 e. The number of ether oxygens (including phenoxy) is 4. The number of methoxy groups -OCH3 is 1. The monoisotopic (exact) mass is 384 g/mol. The Labute approximate surface area is 164 Å². The fraction of sp³-hybridized carbons (Fsp3) is 0.381. The quantitative estimate of drug-likeness (QED) is 0.762. The van der Waals surface area contributed by atoms with Crippen molar-refractivity contribution in [1.82, 2.24) is 9.80 Å². The molecule has 2 aromatic carbocycles. The van der Waals surface area contributed by atoms with Gasteiger partial charge in [0.15, 0.2) is 11.5 Å². The number of hydrogen-bond donors (Lipinski definition) is 0. The summed E-state index contributed by atoms with van der Waals surface area (Å²) in [7, 11) is 1.62. The molecule has 0 atom stereocenters. The maximum Gasteiger partial charge on any atom is 0.253 e. The van der Waals surface area contributed by atoms with Crippen molar-refractivity contribution >= 4 is 5.91 Å². The zero-order valence-corrected chi connectivity index (χ0v) is 15.9. The van der Waals surface area contributed by atoms with Crippen molar-refractivity contribution in [2.45, 2.75) is 0 Å². The highest BCUT2D eigenvalue weighted by Crippen LogP contribution is 2.35. The predicted octanol–water partition coefficient (Wildman–Crippen LogP) is 2.26. The maximum absolute atomic E-state index is 12.6. The number of hydrogen-bond acceptors (Lipinski definition) is 6. The normalized spacial score (nSPS) is 16.1. The summed E-state index contributed by atoms with van der Waals surface area (Å²) in [5.41, 5.74) is 0.695. The van der Waals surface area contributed by atoms with Gasteiger partial charge in [-0.2, -0.15) is 0 Å². The minimum absolute atomic E-state index is 0.0684. The van der Waals surface area contributed by atoms with Gasteiger partial charge in [-0.15, -0.1) is 0 Å². The molecule has 4 rings (SSSR count). The molecule has 2 aliphatic rings. The standard InChI is InChI=1S/C21H24N2O5/c1-25-17-4-2-16(3-5-17)21(24)23-10-8-22(9-11-23)12-13-26-18-6-7-19-20(14-18)28-15-27-19/h2-7,14H,8-13,15H2,1H3. The SMILES string of the molecule is COc1ccc(C(=O)N2CCN(CCOc3ccc4c(c3)OCO4)CC2)cc1. The van der Waals surface area contributed by atoms with Gasteiger partial charge in [0, 0.05) is 44.4 Å². The van der Waals surface area contributed by atoms with Crippen LogP contribution in [0, 0.1) is 0 Å². The Hall–Kier alpha value is -2.93. The van der Waals surface area contributed by atoms with E-state index in [-0.39, 0.29) is 12.7 Å². The molecule has 7 nitrogen and oxygen atoms in total. The van der Waals surface area contributed by atoms with Crippen LogP contribution in [-0.4, -0.2) is 68.9 Å². The van der Waals surface area contributed by atoms with E-state index >= 15 is 0 Å². The third kappa shape index (κ3) is 4.14. The van der Waals surface area contributed by atoms with Crippen LogP contribution >= 0.6 is 0 Å². The molecule has 7 heteroatoms. The first-order valence-electron chi connectivity index (χ1n) is 9.41. The van der Waals surface area contributed by atoms with E-state index < -0.39 is 0 Å². The highest BCUT2D eigenvalue weighted by molar-refractivity contribution is 5.94. The number of piperazine rings is 1. The van der Waals surface area contributed by atoms with Crippen LogP contribution in [0.2, 0.25) is 0 Å². The van der Waals surface area contributed by atoms with Crippen LogP contribution in [0.1, 0.15) is 10.4 Å². The number of nitrogens with zero attached hydrogens (tertiary/aromatic N) is 2. The topological polar surface area (TPSA) is 60.5 Å². The molecule has 2 aromatic rings. The number of rotatable bonds is 6. The Kier molecular flexibility index (Phi) is 5.53. The Bertz CT molecular complexity index is 816. The molecule has 0 bridgehead atoms. The van der Waals surface area contributed by atoms with E-state index in [1.54, 1.807) is 7.11 Å². The summed E-state index contributed by atoms with van der Waals surface area (Å²) in [5.74, 6) is 3.08. The molecule has 28 heavy (non-hydrogen) atoms. The second kappa shape index (κ2) is 8.39. The minimum atomic E-state index is 0.0684. The van der Waals surface area contributed by atoms with E-state index in [0.717, 1.165) is 55.7 Å². The number of amides is 1. The van der Waals surface area contributed by atoms with Gasteiger partial charge in [-0.05, 0) is 36.4 Å². The van der Waals surface area contributed by atoms with Crippen LogP contribution in [0.3, 0.4) is 0 Å². The van der Waals surface area contributed by atoms with Gasteiger partial charge < -0.3 is 23.8 Å². The Balaban J connectivity index is 1.21. The smallest absolute Gasteiger partial charge is 0.253 e. The number of benzene rings is 2. The van der Waals surface area contributed by atoms with Crippen molar-refractivity contribution in [3.63, 3.8) is 0 Å². The Morgan fingerprint density at radius 3 is 2.43 bits per heavy atom. The van der Waals surface area contributed by atoms with Crippen molar-refractivity contribution < 1.29 is 23.7 Å². The number of carbonyl (C=O) groups is 1. The van der Waals surface area contributed by atoms with E-state index in [1.165, 1.54) is 0 Å². The van der Waals surface area contributed by atoms with Crippen molar-refractivity contribution in [3.05, 3.63) is 48.0 Å². The molecule has 1 fully saturated rings. The Morgan fingerprint density at radius 1 is 0.964 bits per heavy atom. The molecule has 0 spiro atoms. The van der Waals surface area contributed by atoms with Crippen molar-refractivity contribution in [2.75, 3.05) is 53.2 Å². The average Bonchev–Trinajstić information content (AvgIpc) is 3.22. The van der Waals surface area contributed by atoms with Gasteiger partial charge in [0.05, 0.1) is 7.11 Å². The largest absolute Gasteiger partial charge is 0.497 e. The average molecular weight is 384 g/mol. The molecular formula is C21H24N2O5. The molecular weight excluding hydrogens is 360 g/mol. The molecule has 0 unspecified atom stereocenters. The summed E-state index contributed by atoms with van der Waals surface area (Å²) in [5, 5.41) is 0.